The van der Waals surface area contributed by atoms with Gasteiger partial charge in [-0.25, -0.2) is 0 Å². The van der Waals surface area contributed by atoms with Crippen molar-refractivity contribution in [3.8, 4) is 11.8 Å². The van der Waals surface area contributed by atoms with E-state index in [0.29, 0.717) is 12.4 Å². The molecule has 0 saturated carbocycles. The molecule has 0 bridgehead atoms. The van der Waals surface area contributed by atoms with Gasteiger partial charge in [0.2, 0.25) is 0 Å². The van der Waals surface area contributed by atoms with Crippen LogP contribution in [0.4, 0.5) is 0 Å². The van der Waals surface area contributed by atoms with Crippen molar-refractivity contribution in [2.45, 2.75) is 26.5 Å². The summed E-state index contributed by atoms with van der Waals surface area (Å²) in [5.74, 6) is 0.317. The van der Waals surface area contributed by atoms with Crippen LogP contribution in [0.3, 0.4) is 0 Å². The molecular formula is C20H20N2O2. The molecule has 4 heteroatoms. The highest BCUT2D eigenvalue weighted by Gasteiger charge is 2.10. The molecule has 0 spiro atoms. The molecule has 0 heterocycles. The molecule has 4 nitrogen and oxygen atoms in total. The Morgan fingerprint density at radius 1 is 1.21 bits per heavy atom. The highest BCUT2D eigenvalue weighted by molar-refractivity contribution is 6.01. The van der Waals surface area contributed by atoms with E-state index in [1.54, 1.807) is 6.08 Å². The van der Waals surface area contributed by atoms with Crippen molar-refractivity contribution >= 4 is 12.0 Å². The van der Waals surface area contributed by atoms with Gasteiger partial charge < -0.3 is 10.1 Å². The van der Waals surface area contributed by atoms with Crippen LogP contribution in [0.25, 0.3) is 6.08 Å². The first kappa shape index (κ1) is 17.3. The second-order valence-corrected chi connectivity index (χ2v) is 5.64. The number of rotatable bonds is 6. The predicted molar refractivity (Wildman–Crippen MR) is 94.1 cm³/mol. The number of hydrogen-bond donors (Lipinski definition) is 1. The van der Waals surface area contributed by atoms with E-state index in [4.69, 9.17) is 4.74 Å². The van der Waals surface area contributed by atoms with E-state index < -0.39 is 0 Å². The van der Waals surface area contributed by atoms with Gasteiger partial charge in [-0.15, -0.1) is 0 Å². The molecule has 24 heavy (non-hydrogen) atoms. The van der Waals surface area contributed by atoms with Gasteiger partial charge in [-0.3, -0.25) is 4.79 Å². The average molecular weight is 320 g/mol. The molecule has 0 aliphatic heterocycles. The fourth-order valence-corrected chi connectivity index (χ4v) is 2.09. The molecule has 1 N–H and O–H groups in total. The molecule has 0 radical (unpaired) electrons. The van der Waals surface area contributed by atoms with E-state index in [0.717, 1.165) is 11.1 Å². The summed E-state index contributed by atoms with van der Waals surface area (Å²) in [6, 6.07) is 19.1. The number of amides is 1. The fraction of sp³-hybridized carbons (Fsp3) is 0.200. The molecule has 2 aromatic rings. The molecule has 122 valence electrons. The van der Waals surface area contributed by atoms with Gasteiger partial charge in [0.25, 0.3) is 5.91 Å². The molecule has 0 saturated heterocycles. The quantitative estimate of drug-likeness (QED) is 0.652. The Labute approximate surface area is 142 Å². The van der Waals surface area contributed by atoms with Gasteiger partial charge in [-0.2, -0.15) is 5.26 Å². The summed E-state index contributed by atoms with van der Waals surface area (Å²) < 4.78 is 5.76. The van der Waals surface area contributed by atoms with Crippen molar-refractivity contribution in [2.75, 3.05) is 0 Å². The second kappa shape index (κ2) is 8.54. The van der Waals surface area contributed by atoms with Crippen molar-refractivity contribution in [3.05, 3.63) is 71.3 Å². The average Bonchev–Trinajstić information content (AvgIpc) is 2.58. The normalized spacial score (nSPS) is 11.0. The lowest BCUT2D eigenvalue weighted by Gasteiger charge is -2.08. The topological polar surface area (TPSA) is 62.1 Å². The molecule has 0 aromatic heterocycles. The van der Waals surface area contributed by atoms with Crippen molar-refractivity contribution < 1.29 is 9.53 Å². The van der Waals surface area contributed by atoms with Crippen LogP contribution in [-0.4, -0.2) is 11.9 Å². The number of hydrogen-bond acceptors (Lipinski definition) is 3. The summed E-state index contributed by atoms with van der Waals surface area (Å²) in [5, 5.41) is 11.9. The first-order chi connectivity index (χ1) is 11.6. The van der Waals surface area contributed by atoms with Crippen LogP contribution < -0.4 is 10.1 Å². The Bertz CT molecular complexity index is 759. The van der Waals surface area contributed by atoms with E-state index in [-0.39, 0.29) is 17.5 Å². The van der Waals surface area contributed by atoms with Crippen LogP contribution in [0.5, 0.6) is 5.75 Å². The van der Waals surface area contributed by atoms with E-state index in [1.807, 2.05) is 74.5 Å². The summed E-state index contributed by atoms with van der Waals surface area (Å²) in [6.07, 6.45) is 1.56. The van der Waals surface area contributed by atoms with Crippen LogP contribution in [0.1, 0.15) is 25.0 Å². The zero-order valence-electron chi connectivity index (χ0n) is 13.8. The Morgan fingerprint density at radius 3 is 2.62 bits per heavy atom. The van der Waals surface area contributed by atoms with E-state index >= 15 is 0 Å². The number of ether oxygens (including phenoxy) is 1. The molecular weight excluding hydrogens is 300 g/mol. The number of nitriles is 1. The third-order valence-electron chi connectivity index (χ3n) is 3.20. The molecule has 0 atom stereocenters. The van der Waals surface area contributed by atoms with Crippen LogP contribution >= 0.6 is 0 Å². The summed E-state index contributed by atoms with van der Waals surface area (Å²) in [6.45, 7) is 4.17. The number of benzene rings is 2. The fourth-order valence-electron chi connectivity index (χ4n) is 2.09. The zero-order chi connectivity index (χ0) is 17.4. The second-order valence-electron chi connectivity index (χ2n) is 5.64. The predicted octanol–water partition coefficient (Wildman–Crippen LogP) is 3.70. The van der Waals surface area contributed by atoms with Gasteiger partial charge in [-0.05, 0) is 43.2 Å². The molecule has 0 aliphatic carbocycles. The molecule has 2 aromatic carbocycles. The first-order valence-corrected chi connectivity index (χ1v) is 7.78. The maximum Gasteiger partial charge on any atom is 0.262 e. The Morgan fingerprint density at radius 2 is 1.96 bits per heavy atom. The SMILES string of the molecule is CC(C)NC(=O)/C(C#N)=C\c1cccc(OCc2ccccc2)c1. The molecule has 0 unspecified atom stereocenters. The minimum absolute atomic E-state index is 0.0187. The summed E-state index contributed by atoms with van der Waals surface area (Å²) in [7, 11) is 0. The van der Waals surface area contributed by atoms with Crippen molar-refractivity contribution in [1.29, 1.82) is 5.26 Å². The maximum atomic E-state index is 12.0. The Kier molecular flexibility index (Phi) is 6.16. The lowest BCUT2D eigenvalue weighted by atomic mass is 10.1. The van der Waals surface area contributed by atoms with Crippen molar-refractivity contribution in [1.82, 2.24) is 5.32 Å². The smallest absolute Gasteiger partial charge is 0.262 e. The molecule has 1 amide bonds. The zero-order valence-corrected chi connectivity index (χ0v) is 13.8. The van der Waals surface area contributed by atoms with Gasteiger partial charge in [0, 0.05) is 6.04 Å². The van der Waals surface area contributed by atoms with E-state index in [9.17, 15) is 10.1 Å². The Hall–Kier alpha value is -3.06. The monoisotopic (exact) mass is 320 g/mol. The van der Waals surface area contributed by atoms with Gasteiger partial charge >= 0.3 is 0 Å². The molecule has 0 aliphatic rings. The third-order valence-corrected chi connectivity index (χ3v) is 3.20. The lowest BCUT2D eigenvalue weighted by Crippen LogP contribution is -2.30. The van der Waals surface area contributed by atoms with Gasteiger partial charge in [0.05, 0.1) is 0 Å². The van der Waals surface area contributed by atoms with E-state index in [2.05, 4.69) is 5.32 Å². The van der Waals surface area contributed by atoms with Crippen molar-refractivity contribution in [2.24, 2.45) is 0 Å². The van der Waals surface area contributed by atoms with Crippen LogP contribution in [0.15, 0.2) is 60.2 Å². The Balaban J connectivity index is 2.10. The number of nitrogens with zero attached hydrogens (tertiary/aromatic N) is 1. The minimum atomic E-state index is -0.372. The third kappa shape index (κ3) is 5.29. The summed E-state index contributed by atoms with van der Waals surface area (Å²) in [5.41, 5.74) is 1.90. The van der Waals surface area contributed by atoms with Crippen LogP contribution in [0.2, 0.25) is 0 Å². The lowest BCUT2D eigenvalue weighted by molar-refractivity contribution is -0.117. The van der Waals surface area contributed by atoms with E-state index in [1.165, 1.54) is 0 Å². The standard InChI is InChI=1S/C20H20N2O2/c1-15(2)22-20(23)18(13-21)11-17-9-6-10-19(12-17)24-14-16-7-4-3-5-8-16/h3-12,15H,14H2,1-2H3,(H,22,23)/b18-11-. The van der Waals surface area contributed by atoms with Crippen molar-refractivity contribution in [3.63, 3.8) is 0 Å². The largest absolute Gasteiger partial charge is 0.489 e. The maximum absolute atomic E-state index is 12.0. The number of carbonyl (C=O) groups is 1. The highest BCUT2D eigenvalue weighted by Crippen LogP contribution is 2.17. The summed E-state index contributed by atoms with van der Waals surface area (Å²) in [4.78, 5) is 12.0. The first-order valence-electron chi connectivity index (χ1n) is 7.78. The van der Waals surface area contributed by atoms with Gasteiger partial charge in [-0.1, -0.05) is 42.5 Å². The van der Waals surface area contributed by atoms with Crippen LogP contribution in [0, 0.1) is 11.3 Å². The minimum Gasteiger partial charge on any atom is -0.489 e. The summed E-state index contributed by atoms with van der Waals surface area (Å²) >= 11 is 0. The van der Waals surface area contributed by atoms with Gasteiger partial charge in [0.1, 0.15) is 24.0 Å². The number of nitrogens with one attached hydrogen (secondary N) is 1. The van der Waals surface area contributed by atoms with Gasteiger partial charge in [0.15, 0.2) is 0 Å². The molecule has 2 rings (SSSR count). The van der Waals surface area contributed by atoms with Crippen LogP contribution in [-0.2, 0) is 11.4 Å². The highest BCUT2D eigenvalue weighted by atomic mass is 16.5. The molecule has 0 fully saturated rings. The number of carbonyl (C=O) groups excluding carboxylic acids is 1.